The van der Waals surface area contributed by atoms with Crippen LogP contribution in [0, 0.1) is 16.2 Å². The van der Waals surface area contributed by atoms with Gasteiger partial charge < -0.3 is 5.32 Å². The van der Waals surface area contributed by atoms with Crippen LogP contribution in [-0.4, -0.2) is 18.6 Å². The van der Waals surface area contributed by atoms with Gasteiger partial charge in [-0.1, -0.05) is 64.1 Å². The minimum Gasteiger partial charge on any atom is -0.317 e. The lowest BCUT2D eigenvalue weighted by Gasteiger charge is -2.47. The standard InChI is InChI=1S/C17H36NOP/c1-9-10-13(18-8)11-16(4,5)17(6,7)12-15(2,3)14(19)20/h13,18H,9-12,20H2,1-8H3. The number of rotatable bonds is 9. The third-order valence-electron chi connectivity index (χ3n) is 5.19. The van der Waals surface area contributed by atoms with Gasteiger partial charge in [-0.2, -0.15) is 0 Å². The van der Waals surface area contributed by atoms with E-state index in [4.69, 9.17) is 0 Å². The molecule has 2 atom stereocenters. The maximum absolute atomic E-state index is 11.8. The molecule has 0 saturated carbocycles. The van der Waals surface area contributed by atoms with Crippen LogP contribution in [0.15, 0.2) is 0 Å². The van der Waals surface area contributed by atoms with Crippen LogP contribution in [0.3, 0.4) is 0 Å². The van der Waals surface area contributed by atoms with Crippen molar-refractivity contribution in [1.82, 2.24) is 5.32 Å². The monoisotopic (exact) mass is 301 g/mol. The smallest absolute Gasteiger partial charge is 0.153 e. The Kier molecular flexibility index (Phi) is 7.38. The summed E-state index contributed by atoms with van der Waals surface area (Å²) in [6, 6.07) is 0.559. The van der Waals surface area contributed by atoms with Crippen molar-refractivity contribution in [3.05, 3.63) is 0 Å². The zero-order valence-electron chi connectivity index (χ0n) is 14.9. The van der Waals surface area contributed by atoms with E-state index in [0.717, 1.165) is 12.8 Å². The Hall–Kier alpha value is 0.0600. The highest BCUT2D eigenvalue weighted by atomic mass is 31.0. The average Bonchev–Trinajstić information content (AvgIpc) is 2.26. The quantitative estimate of drug-likeness (QED) is 0.629. The van der Waals surface area contributed by atoms with E-state index in [0.29, 0.717) is 6.04 Å². The maximum Gasteiger partial charge on any atom is 0.153 e. The summed E-state index contributed by atoms with van der Waals surface area (Å²) in [5, 5.41) is 3.45. The van der Waals surface area contributed by atoms with Crippen LogP contribution >= 0.6 is 9.24 Å². The molecular formula is C17H36NOP. The molecule has 120 valence electrons. The van der Waals surface area contributed by atoms with Gasteiger partial charge in [0.2, 0.25) is 0 Å². The Morgan fingerprint density at radius 3 is 1.95 bits per heavy atom. The van der Waals surface area contributed by atoms with E-state index < -0.39 is 0 Å². The van der Waals surface area contributed by atoms with Gasteiger partial charge in [0.15, 0.2) is 5.52 Å². The minimum absolute atomic E-state index is 0.117. The Balaban J connectivity index is 5.01. The van der Waals surface area contributed by atoms with E-state index in [1.54, 1.807) is 0 Å². The molecule has 3 heteroatoms. The highest BCUT2D eigenvalue weighted by molar-refractivity contribution is 7.40. The van der Waals surface area contributed by atoms with Crippen molar-refractivity contribution in [3.63, 3.8) is 0 Å². The second kappa shape index (κ2) is 7.36. The van der Waals surface area contributed by atoms with Crippen molar-refractivity contribution in [1.29, 1.82) is 0 Å². The summed E-state index contributed by atoms with van der Waals surface area (Å²) >= 11 is 0. The fraction of sp³-hybridized carbons (Fsp3) is 0.941. The molecule has 0 saturated heterocycles. The van der Waals surface area contributed by atoms with E-state index >= 15 is 0 Å². The molecule has 0 heterocycles. The summed E-state index contributed by atoms with van der Waals surface area (Å²) in [5.74, 6) is 0. The topological polar surface area (TPSA) is 29.1 Å². The third kappa shape index (κ3) is 5.45. The van der Waals surface area contributed by atoms with Gasteiger partial charge in [0.25, 0.3) is 0 Å². The molecule has 2 nitrogen and oxygen atoms in total. The van der Waals surface area contributed by atoms with Crippen molar-refractivity contribution in [2.45, 2.75) is 80.2 Å². The normalized spacial score (nSPS) is 15.2. The first-order valence-electron chi connectivity index (χ1n) is 7.87. The molecule has 0 aromatic heterocycles. The number of hydrogen-bond donors (Lipinski definition) is 1. The number of carbonyl (C=O) groups excluding carboxylic acids is 1. The third-order valence-corrected chi connectivity index (χ3v) is 5.97. The van der Waals surface area contributed by atoms with Gasteiger partial charge in [0.05, 0.1) is 0 Å². The molecule has 0 bridgehead atoms. The van der Waals surface area contributed by atoms with E-state index in [2.05, 4.69) is 70.1 Å². The summed E-state index contributed by atoms with van der Waals surface area (Å²) in [7, 11) is 4.41. The molecule has 0 aromatic carbocycles. The molecule has 0 radical (unpaired) electrons. The van der Waals surface area contributed by atoms with Crippen LogP contribution in [0.2, 0.25) is 0 Å². The predicted molar refractivity (Wildman–Crippen MR) is 93.0 cm³/mol. The Morgan fingerprint density at radius 2 is 1.60 bits per heavy atom. The summed E-state index contributed by atoms with van der Waals surface area (Å²) < 4.78 is 0. The summed E-state index contributed by atoms with van der Waals surface area (Å²) in [4.78, 5) is 11.8. The summed E-state index contributed by atoms with van der Waals surface area (Å²) in [6.45, 7) is 15.6. The first-order chi connectivity index (χ1) is 8.89. The highest BCUT2D eigenvalue weighted by Gasteiger charge is 2.42. The molecule has 20 heavy (non-hydrogen) atoms. The van der Waals surface area contributed by atoms with Crippen LogP contribution in [0.1, 0.15) is 74.1 Å². The Morgan fingerprint density at radius 1 is 1.10 bits per heavy atom. The zero-order valence-corrected chi connectivity index (χ0v) is 16.0. The van der Waals surface area contributed by atoms with Gasteiger partial charge in [0, 0.05) is 11.5 Å². The van der Waals surface area contributed by atoms with E-state index in [1.165, 1.54) is 12.8 Å². The minimum atomic E-state index is -0.272. The number of carbonyl (C=O) groups is 1. The second-order valence-electron chi connectivity index (χ2n) is 8.17. The summed E-state index contributed by atoms with van der Waals surface area (Å²) in [5.41, 5.74) is 0.240. The lowest BCUT2D eigenvalue weighted by atomic mass is 9.59. The molecule has 2 unspecified atom stereocenters. The van der Waals surface area contributed by atoms with Crippen LogP contribution in [0.25, 0.3) is 0 Å². The van der Waals surface area contributed by atoms with Gasteiger partial charge in [-0.05, 0) is 37.1 Å². The van der Waals surface area contributed by atoms with E-state index in [9.17, 15) is 4.79 Å². The second-order valence-corrected chi connectivity index (χ2v) is 8.70. The molecule has 0 aliphatic carbocycles. The van der Waals surface area contributed by atoms with Crippen LogP contribution < -0.4 is 5.32 Å². The predicted octanol–water partition coefficient (Wildman–Crippen LogP) is 4.64. The lowest BCUT2D eigenvalue weighted by Crippen LogP contribution is -2.42. The molecule has 0 amide bonds. The van der Waals surface area contributed by atoms with Gasteiger partial charge in [-0.25, -0.2) is 0 Å². The molecule has 0 aliphatic rings. The highest BCUT2D eigenvalue weighted by Crippen LogP contribution is 2.49. The number of nitrogens with one attached hydrogen (secondary N) is 1. The fourth-order valence-electron chi connectivity index (χ4n) is 3.02. The van der Waals surface area contributed by atoms with Gasteiger partial charge >= 0.3 is 0 Å². The van der Waals surface area contributed by atoms with Crippen molar-refractivity contribution >= 4 is 14.8 Å². The SMILES string of the molecule is CCCC(CC(C)(C)C(C)(C)CC(C)(C)C(=O)P)NC. The van der Waals surface area contributed by atoms with Crippen molar-refractivity contribution in [3.8, 4) is 0 Å². The van der Waals surface area contributed by atoms with Crippen LogP contribution in [-0.2, 0) is 4.79 Å². The molecule has 0 aromatic rings. The van der Waals surface area contributed by atoms with Gasteiger partial charge in [-0.3, -0.25) is 4.79 Å². The molecule has 1 N–H and O–H groups in total. The van der Waals surface area contributed by atoms with Gasteiger partial charge in [0.1, 0.15) is 0 Å². The molecule has 0 rings (SSSR count). The fourth-order valence-corrected chi connectivity index (χ4v) is 3.12. The molecular weight excluding hydrogens is 265 g/mol. The Bertz CT molecular complexity index is 321. The molecule has 0 fully saturated rings. The molecule has 0 aliphatic heterocycles. The van der Waals surface area contributed by atoms with E-state index in [-0.39, 0.29) is 21.8 Å². The largest absolute Gasteiger partial charge is 0.317 e. The maximum atomic E-state index is 11.8. The van der Waals surface area contributed by atoms with Gasteiger partial charge in [-0.15, -0.1) is 0 Å². The van der Waals surface area contributed by atoms with E-state index in [1.807, 2.05) is 0 Å². The van der Waals surface area contributed by atoms with Crippen molar-refractivity contribution < 1.29 is 4.79 Å². The Labute approximate surface area is 129 Å². The van der Waals surface area contributed by atoms with Crippen molar-refractivity contribution in [2.75, 3.05) is 7.05 Å². The lowest BCUT2D eigenvalue weighted by molar-refractivity contribution is -0.121. The number of hydrogen-bond acceptors (Lipinski definition) is 2. The van der Waals surface area contributed by atoms with Crippen LogP contribution in [0.4, 0.5) is 0 Å². The summed E-state index contributed by atoms with van der Waals surface area (Å²) in [6.07, 6.45) is 4.48. The zero-order chi connectivity index (χ0) is 16.2. The van der Waals surface area contributed by atoms with Crippen LogP contribution in [0.5, 0.6) is 0 Å². The first kappa shape index (κ1) is 20.1. The first-order valence-corrected chi connectivity index (χ1v) is 8.44. The molecule has 0 spiro atoms. The van der Waals surface area contributed by atoms with Crippen molar-refractivity contribution in [2.24, 2.45) is 16.2 Å². The average molecular weight is 301 g/mol.